The standard InChI is InChI=1S/C18H18O4/c1-18(2,3)16(20)14-9-4-5-10-15(14)17(21)22-13-8-6-7-12(19)11-13/h4-11,19H,1-3H3. The molecule has 114 valence electrons. The van der Waals surface area contributed by atoms with Crippen LogP contribution in [-0.2, 0) is 0 Å². The highest BCUT2D eigenvalue weighted by atomic mass is 16.5. The molecule has 0 aliphatic carbocycles. The van der Waals surface area contributed by atoms with Gasteiger partial charge in [-0.3, -0.25) is 4.79 Å². The fraction of sp³-hybridized carbons (Fsp3) is 0.222. The van der Waals surface area contributed by atoms with Crippen LogP contribution in [0.15, 0.2) is 48.5 Å². The van der Waals surface area contributed by atoms with Gasteiger partial charge in [-0.05, 0) is 18.2 Å². The minimum atomic E-state index is -0.626. The van der Waals surface area contributed by atoms with Gasteiger partial charge in [-0.25, -0.2) is 4.79 Å². The predicted molar refractivity (Wildman–Crippen MR) is 83.3 cm³/mol. The zero-order valence-electron chi connectivity index (χ0n) is 12.8. The van der Waals surface area contributed by atoms with Crippen LogP contribution in [0.25, 0.3) is 0 Å². The third-order valence-corrected chi connectivity index (χ3v) is 3.10. The predicted octanol–water partition coefficient (Wildman–Crippen LogP) is 3.84. The second-order valence-electron chi connectivity index (χ2n) is 6.01. The smallest absolute Gasteiger partial charge is 0.344 e. The summed E-state index contributed by atoms with van der Waals surface area (Å²) in [6, 6.07) is 12.5. The fourth-order valence-electron chi connectivity index (χ4n) is 1.97. The van der Waals surface area contributed by atoms with E-state index in [1.807, 2.05) is 0 Å². The number of hydrogen-bond donors (Lipinski definition) is 1. The van der Waals surface area contributed by atoms with E-state index in [4.69, 9.17) is 4.74 Å². The van der Waals surface area contributed by atoms with E-state index in [1.54, 1.807) is 57.2 Å². The molecular weight excluding hydrogens is 280 g/mol. The number of carbonyl (C=O) groups excluding carboxylic acids is 2. The quantitative estimate of drug-likeness (QED) is 0.531. The lowest BCUT2D eigenvalue weighted by Crippen LogP contribution is -2.23. The molecule has 0 bridgehead atoms. The number of carbonyl (C=O) groups is 2. The highest BCUT2D eigenvalue weighted by Gasteiger charge is 2.27. The third-order valence-electron chi connectivity index (χ3n) is 3.10. The summed E-state index contributed by atoms with van der Waals surface area (Å²) in [6.45, 7) is 5.39. The highest BCUT2D eigenvalue weighted by molar-refractivity contribution is 6.08. The Morgan fingerprint density at radius 3 is 2.18 bits per heavy atom. The second-order valence-corrected chi connectivity index (χ2v) is 6.01. The van der Waals surface area contributed by atoms with Gasteiger partial charge in [0.25, 0.3) is 0 Å². The summed E-state index contributed by atoms with van der Waals surface area (Å²) in [7, 11) is 0. The van der Waals surface area contributed by atoms with Crippen LogP contribution in [0.4, 0.5) is 0 Å². The molecule has 0 aromatic heterocycles. The fourth-order valence-corrected chi connectivity index (χ4v) is 1.97. The molecule has 2 aromatic carbocycles. The van der Waals surface area contributed by atoms with E-state index < -0.39 is 11.4 Å². The van der Waals surface area contributed by atoms with Crippen LogP contribution < -0.4 is 4.74 Å². The molecule has 0 saturated carbocycles. The van der Waals surface area contributed by atoms with Crippen molar-refractivity contribution in [2.45, 2.75) is 20.8 Å². The second kappa shape index (κ2) is 6.02. The van der Waals surface area contributed by atoms with Gasteiger partial charge in [0.15, 0.2) is 5.78 Å². The first-order valence-corrected chi connectivity index (χ1v) is 6.94. The number of aromatic hydroxyl groups is 1. The zero-order valence-corrected chi connectivity index (χ0v) is 12.8. The maximum Gasteiger partial charge on any atom is 0.344 e. The summed E-state index contributed by atoms with van der Waals surface area (Å²) in [5, 5.41) is 9.40. The Morgan fingerprint density at radius 2 is 1.59 bits per heavy atom. The molecule has 0 saturated heterocycles. The Hall–Kier alpha value is -2.62. The van der Waals surface area contributed by atoms with E-state index in [-0.39, 0.29) is 22.8 Å². The van der Waals surface area contributed by atoms with Gasteiger partial charge in [-0.1, -0.05) is 45.0 Å². The lowest BCUT2D eigenvalue weighted by atomic mass is 9.85. The van der Waals surface area contributed by atoms with E-state index in [1.165, 1.54) is 12.1 Å². The lowest BCUT2D eigenvalue weighted by molar-refractivity contribution is 0.0723. The number of Topliss-reactive ketones (excluding diaryl/α,β-unsaturated/α-hetero) is 1. The van der Waals surface area contributed by atoms with Crippen LogP contribution in [-0.4, -0.2) is 16.9 Å². The summed E-state index contributed by atoms with van der Waals surface area (Å²) in [5.74, 6) is -0.526. The molecule has 0 amide bonds. The number of hydrogen-bond acceptors (Lipinski definition) is 4. The molecule has 0 spiro atoms. The van der Waals surface area contributed by atoms with Crippen LogP contribution in [0.5, 0.6) is 11.5 Å². The van der Waals surface area contributed by atoms with Crippen molar-refractivity contribution >= 4 is 11.8 Å². The van der Waals surface area contributed by atoms with E-state index in [0.717, 1.165) is 0 Å². The summed E-state index contributed by atoms with van der Waals surface area (Å²) < 4.78 is 5.23. The van der Waals surface area contributed by atoms with E-state index in [2.05, 4.69) is 0 Å². The van der Waals surface area contributed by atoms with Crippen LogP contribution >= 0.6 is 0 Å². The molecule has 4 heteroatoms. The van der Waals surface area contributed by atoms with Gasteiger partial charge in [0.1, 0.15) is 11.5 Å². The van der Waals surface area contributed by atoms with E-state index >= 15 is 0 Å². The van der Waals surface area contributed by atoms with Crippen molar-refractivity contribution in [1.29, 1.82) is 0 Å². The van der Waals surface area contributed by atoms with Gasteiger partial charge < -0.3 is 9.84 Å². The Bertz CT molecular complexity index is 711. The lowest BCUT2D eigenvalue weighted by Gasteiger charge is -2.18. The molecule has 1 N–H and O–H groups in total. The van der Waals surface area contributed by atoms with Crippen molar-refractivity contribution in [1.82, 2.24) is 0 Å². The molecule has 0 aliphatic rings. The number of phenols is 1. The third kappa shape index (κ3) is 3.52. The van der Waals surface area contributed by atoms with Crippen molar-refractivity contribution in [3.8, 4) is 11.5 Å². The Morgan fingerprint density at radius 1 is 0.955 bits per heavy atom. The normalized spacial score (nSPS) is 11.0. The minimum Gasteiger partial charge on any atom is -0.508 e. The number of ether oxygens (including phenoxy) is 1. The molecule has 0 fully saturated rings. The van der Waals surface area contributed by atoms with Crippen LogP contribution in [0.3, 0.4) is 0 Å². The molecule has 0 atom stereocenters. The average Bonchev–Trinajstić information content (AvgIpc) is 2.45. The summed E-state index contributed by atoms with van der Waals surface area (Å²) in [6.07, 6.45) is 0. The van der Waals surface area contributed by atoms with E-state index in [0.29, 0.717) is 5.56 Å². The topological polar surface area (TPSA) is 63.6 Å². The maximum atomic E-state index is 12.5. The Kier molecular flexibility index (Phi) is 4.31. The highest BCUT2D eigenvalue weighted by Crippen LogP contribution is 2.25. The van der Waals surface area contributed by atoms with Gasteiger partial charge in [0.05, 0.1) is 5.56 Å². The summed E-state index contributed by atoms with van der Waals surface area (Å²) >= 11 is 0. The van der Waals surface area contributed by atoms with Crippen LogP contribution in [0, 0.1) is 5.41 Å². The summed E-state index contributed by atoms with van der Waals surface area (Å²) in [5.41, 5.74) is -0.0487. The van der Waals surface area contributed by atoms with Crippen molar-refractivity contribution in [3.05, 3.63) is 59.7 Å². The van der Waals surface area contributed by atoms with E-state index in [9.17, 15) is 14.7 Å². The first-order chi connectivity index (χ1) is 10.3. The number of benzene rings is 2. The maximum absolute atomic E-state index is 12.5. The summed E-state index contributed by atoms with van der Waals surface area (Å²) in [4.78, 5) is 24.8. The number of rotatable bonds is 3. The first-order valence-electron chi connectivity index (χ1n) is 6.94. The Balaban J connectivity index is 2.33. The zero-order chi connectivity index (χ0) is 16.3. The molecule has 0 heterocycles. The monoisotopic (exact) mass is 298 g/mol. The molecule has 22 heavy (non-hydrogen) atoms. The van der Waals surface area contributed by atoms with Crippen molar-refractivity contribution in [2.75, 3.05) is 0 Å². The molecule has 2 aromatic rings. The van der Waals surface area contributed by atoms with Gasteiger partial charge >= 0.3 is 5.97 Å². The van der Waals surface area contributed by atoms with Gasteiger partial charge in [0.2, 0.25) is 0 Å². The average molecular weight is 298 g/mol. The van der Waals surface area contributed by atoms with Crippen molar-refractivity contribution in [2.24, 2.45) is 5.41 Å². The van der Waals surface area contributed by atoms with Crippen molar-refractivity contribution < 1.29 is 19.4 Å². The van der Waals surface area contributed by atoms with Gasteiger partial charge in [0, 0.05) is 17.0 Å². The van der Waals surface area contributed by atoms with Gasteiger partial charge in [-0.15, -0.1) is 0 Å². The van der Waals surface area contributed by atoms with Crippen molar-refractivity contribution in [3.63, 3.8) is 0 Å². The van der Waals surface area contributed by atoms with Gasteiger partial charge in [-0.2, -0.15) is 0 Å². The largest absolute Gasteiger partial charge is 0.508 e. The Labute approximate surface area is 129 Å². The number of phenolic OH excluding ortho intramolecular Hbond substituents is 1. The molecular formula is C18H18O4. The molecule has 2 rings (SSSR count). The molecule has 0 unspecified atom stereocenters. The molecule has 0 radical (unpaired) electrons. The number of esters is 1. The molecule has 0 aliphatic heterocycles. The minimum absolute atomic E-state index is 0.00403. The van der Waals surface area contributed by atoms with Crippen LogP contribution in [0.1, 0.15) is 41.5 Å². The molecule has 4 nitrogen and oxygen atoms in total. The first kappa shape index (κ1) is 15.8. The SMILES string of the molecule is CC(C)(C)C(=O)c1ccccc1C(=O)Oc1cccc(O)c1. The number of ketones is 1. The van der Waals surface area contributed by atoms with Crippen LogP contribution in [0.2, 0.25) is 0 Å².